The Hall–Kier alpha value is -3.96. The summed E-state index contributed by atoms with van der Waals surface area (Å²) in [5.41, 5.74) is 7.23. The molecule has 0 spiro atoms. The van der Waals surface area contributed by atoms with Crippen LogP contribution in [0.25, 0.3) is 11.0 Å². The van der Waals surface area contributed by atoms with Crippen molar-refractivity contribution in [3.05, 3.63) is 53.6 Å². The van der Waals surface area contributed by atoms with Gasteiger partial charge in [-0.1, -0.05) is 6.07 Å². The maximum Gasteiger partial charge on any atom is 0.433 e. The Bertz CT molecular complexity index is 1260. The largest absolute Gasteiger partial charge is 0.433 e. The molecule has 0 bridgehead atoms. The number of nitrogens with one attached hydrogen (secondary N) is 1. The smallest absolute Gasteiger partial charge is 0.404 e. The Kier molecular flexibility index (Phi) is 6.22. The van der Waals surface area contributed by atoms with E-state index in [1.54, 1.807) is 16.8 Å². The molecule has 0 fully saturated rings. The number of aromatic nitrogens is 4. The highest BCUT2D eigenvalue weighted by Crippen LogP contribution is 2.30. The molecule has 0 saturated heterocycles. The summed E-state index contributed by atoms with van der Waals surface area (Å²) in [6.45, 7) is 2.39. The normalized spacial score (nSPS) is 17.0. The first kappa shape index (κ1) is 23.2. The van der Waals surface area contributed by atoms with E-state index in [1.807, 2.05) is 18.9 Å². The van der Waals surface area contributed by atoms with E-state index < -0.39 is 11.9 Å². The third-order valence-electron chi connectivity index (χ3n) is 5.56. The van der Waals surface area contributed by atoms with E-state index in [9.17, 15) is 18.0 Å². The molecule has 12 heteroatoms. The summed E-state index contributed by atoms with van der Waals surface area (Å²) >= 11 is 0. The highest BCUT2D eigenvalue weighted by Gasteiger charge is 2.32. The lowest BCUT2D eigenvalue weighted by Crippen LogP contribution is -2.30. The molecule has 1 atom stereocenters. The minimum atomic E-state index is -4.48. The second kappa shape index (κ2) is 9.12. The maximum atomic E-state index is 12.6. The molecular weight excluding hydrogens is 449 g/mol. The number of aliphatic imine (C=N–C) groups is 1. The van der Waals surface area contributed by atoms with Gasteiger partial charge in [-0.15, -0.1) is 0 Å². The zero-order valence-electron chi connectivity index (χ0n) is 18.5. The van der Waals surface area contributed by atoms with E-state index in [-0.39, 0.29) is 25.0 Å². The van der Waals surface area contributed by atoms with Crippen LogP contribution < -0.4 is 16.0 Å². The molecule has 4 rings (SSSR count). The number of nitrogens with zero attached hydrogens (tertiary/aromatic N) is 6. The summed E-state index contributed by atoms with van der Waals surface area (Å²) in [4.78, 5) is 31.2. The van der Waals surface area contributed by atoms with E-state index in [0.717, 1.165) is 12.3 Å². The van der Waals surface area contributed by atoms with Crippen LogP contribution >= 0.6 is 0 Å². The molecule has 3 aromatic heterocycles. The average Bonchev–Trinajstić information content (AvgIpc) is 3.20. The SMILES string of the molecule is CC1CC(=O)n2ccc3nc(NC/C(C=NCc4ccc(C(F)(F)F)nc4)=C/N)nc(c32)N1C. The van der Waals surface area contributed by atoms with Gasteiger partial charge in [0.15, 0.2) is 5.82 Å². The molecule has 9 nitrogen and oxygen atoms in total. The van der Waals surface area contributed by atoms with Gasteiger partial charge in [-0.05, 0) is 24.6 Å². The second-order valence-corrected chi connectivity index (χ2v) is 7.96. The lowest BCUT2D eigenvalue weighted by Gasteiger charge is -2.23. The fourth-order valence-electron chi connectivity index (χ4n) is 3.54. The van der Waals surface area contributed by atoms with Crippen LogP contribution in [0.4, 0.5) is 24.9 Å². The van der Waals surface area contributed by atoms with Crippen molar-refractivity contribution in [1.82, 2.24) is 19.5 Å². The highest BCUT2D eigenvalue weighted by atomic mass is 19.4. The lowest BCUT2D eigenvalue weighted by molar-refractivity contribution is -0.141. The molecule has 0 saturated carbocycles. The van der Waals surface area contributed by atoms with Gasteiger partial charge in [-0.2, -0.15) is 18.2 Å². The van der Waals surface area contributed by atoms with Crippen molar-refractivity contribution in [3.8, 4) is 0 Å². The number of hydrogen-bond donors (Lipinski definition) is 2. The minimum absolute atomic E-state index is 0.00906. The predicted octanol–water partition coefficient (Wildman–Crippen LogP) is 3.24. The number of hydrogen-bond acceptors (Lipinski definition) is 8. The van der Waals surface area contributed by atoms with Crippen LogP contribution in [0.1, 0.15) is 29.4 Å². The number of alkyl halides is 3. The van der Waals surface area contributed by atoms with Crippen LogP contribution in [-0.4, -0.2) is 51.3 Å². The number of rotatable bonds is 6. The highest BCUT2D eigenvalue weighted by molar-refractivity contribution is 5.98. The summed E-state index contributed by atoms with van der Waals surface area (Å²) in [6.07, 6.45) is 1.64. The summed E-state index contributed by atoms with van der Waals surface area (Å²) in [5.74, 6) is 1.01. The quantitative estimate of drug-likeness (QED) is 0.530. The standard InChI is InChI=1S/C22H23F3N8O/c1-13-7-18(34)33-6-5-16-19(33)20(32(13)2)31-21(30-16)29-12-15(8-26)10-27-9-14-3-4-17(28-11-14)22(23,24)25/h3-6,8,10-11,13H,7,9,12,26H2,1-2H3,(H,29,30,31)/b15-8+,27-10?. The fourth-order valence-corrected chi connectivity index (χ4v) is 3.54. The predicted molar refractivity (Wildman–Crippen MR) is 123 cm³/mol. The van der Waals surface area contributed by atoms with Crippen LogP contribution in [-0.2, 0) is 12.7 Å². The summed E-state index contributed by atoms with van der Waals surface area (Å²) < 4.78 is 39.4. The Labute approximate surface area is 193 Å². The van der Waals surface area contributed by atoms with Gasteiger partial charge in [0.25, 0.3) is 0 Å². The molecule has 3 aromatic rings. The van der Waals surface area contributed by atoms with Gasteiger partial charge in [-0.3, -0.25) is 19.3 Å². The summed E-state index contributed by atoms with van der Waals surface area (Å²) in [5, 5.41) is 3.12. The Balaban J connectivity index is 1.44. The van der Waals surface area contributed by atoms with Crippen molar-refractivity contribution in [3.63, 3.8) is 0 Å². The number of anilines is 2. The van der Waals surface area contributed by atoms with Gasteiger partial charge in [0.1, 0.15) is 11.2 Å². The zero-order chi connectivity index (χ0) is 24.5. The zero-order valence-corrected chi connectivity index (χ0v) is 18.5. The molecule has 0 radical (unpaired) electrons. The van der Waals surface area contributed by atoms with Gasteiger partial charge in [0, 0.05) is 56.4 Å². The van der Waals surface area contributed by atoms with Crippen molar-refractivity contribution >= 4 is 34.9 Å². The van der Waals surface area contributed by atoms with Crippen molar-refractivity contribution in [2.24, 2.45) is 10.7 Å². The topological polar surface area (TPSA) is 114 Å². The molecule has 1 aliphatic heterocycles. The summed E-state index contributed by atoms with van der Waals surface area (Å²) in [7, 11) is 1.89. The number of carbonyl (C=O) groups excluding carboxylic acids is 1. The fraction of sp³-hybridized carbons (Fsp3) is 0.318. The first-order chi connectivity index (χ1) is 16.2. The number of carbonyl (C=O) groups is 1. The molecule has 1 unspecified atom stereocenters. The lowest BCUT2D eigenvalue weighted by atomic mass is 10.2. The van der Waals surface area contributed by atoms with E-state index in [0.29, 0.717) is 40.4 Å². The van der Waals surface area contributed by atoms with Crippen molar-refractivity contribution < 1.29 is 18.0 Å². The average molecular weight is 472 g/mol. The Morgan fingerprint density at radius 3 is 2.79 bits per heavy atom. The Morgan fingerprint density at radius 1 is 1.32 bits per heavy atom. The van der Waals surface area contributed by atoms with Gasteiger partial charge < -0.3 is 16.0 Å². The molecule has 0 aliphatic carbocycles. The molecule has 4 heterocycles. The van der Waals surface area contributed by atoms with Crippen molar-refractivity contribution in [2.75, 3.05) is 23.8 Å². The van der Waals surface area contributed by atoms with E-state index in [4.69, 9.17) is 5.73 Å². The van der Waals surface area contributed by atoms with Crippen molar-refractivity contribution in [1.29, 1.82) is 0 Å². The Morgan fingerprint density at radius 2 is 2.12 bits per heavy atom. The van der Waals surface area contributed by atoms with Gasteiger partial charge in [0.2, 0.25) is 11.9 Å². The molecular formula is C22H23F3N8O. The maximum absolute atomic E-state index is 12.6. The monoisotopic (exact) mass is 472 g/mol. The molecule has 3 N–H and O–H groups in total. The number of halogens is 3. The molecule has 0 aromatic carbocycles. The van der Waals surface area contributed by atoms with E-state index in [1.165, 1.54) is 18.5 Å². The van der Waals surface area contributed by atoms with Crippen LogP contribution in [0.5, 0.6) is 0 Å². The van der Waals surface area contributed by atoms with E-state index in [2.05, 4.69) is 25.3 Å². The number of nitrogens with two attached hydrogens (primary N) is 1. The van der Waals surface area contributed by atoms with E-state index >= 15 is 0 Å². The molecule has 0 amide bonds. The van der Waals surface area contributed by atoms with Gasteiger partial charge >= 0.3 is 6.18 Å². The van der Waals surface area contributed by atoms with Crippen LogP contribution in [0.3, 0.4) is 0 Å². The minimum Gasteiger partial charge on any atom is -0.404 e. The van der Waals surface area contributed by atoms with Crippen LogP contribution in [0.15, 0.2) is 47.4 Å². The third kappa shape index (κ3) is 4.70. The molecule has 1 aliphatic rings. The number of pyridine rings is 1. The second-order valence-electron chi connectivity index (χ2n) is 7.96. The van der Waals surface area contributed by atoms with Gasteiger partial charge in [-0.25, -0.2) is 4.98 Å². The first-order valence-corrected chi connectivity index (χ1v) is 10.5. The third-order valence-corrected chi connectivity index (χ3v) is 5.56. The molecule has 34 heavy (non-hydrogen) atoms. The van der Waals surface area contributed by atoms with Crippen LogP contribution in [0.2, 0.25) is 0 Å². The van der Waals surface area contributed by atoms with Gasteiger partial charge in [0.05, 0.1) is 12.1 Å². The van der Waals surface area contributed by atoms with Crippen molar-refractivity contribution in [2.45, 2.75) is 32.1 Å². The molecule has 178 valence electrons. The summed E-state index contributed by atoms with van der Waals surface area (Å²) in [6, 6.07) is 4.01. The first-order valence-electron chi connectivity index (χ1n) is 10.5. The van der Waals surface area contributed by atoms with Crippen LogP contribution in [0, 0.1) is 0 Å².